The largest absolute Gasteiger partial charge is 0.379 e. The maximum Gasteiger partial charge on any atom is 0.222 e. The standard InChI is InChI=1S/C19H27NO3/c1-15-5-3-4-6-16(15)7-8-18(21)20-11-9-19(10-12-20)13-17(22-2)14-23-19/h3-6,17H,7-14H2,1-2H3. The number of benzene rings is 1. The van der Waals surface area contributed by atoms with Crippen LogP contribution < -0.4 is 0 Å². The molecule has 0 bridgehead atoms. The van der Waals surface area contributed by atoms with E-state index in [4.69, 9.17) is 9.47 Å². The van der Waals surface area contributed by atoms with E-state index in [2.05, 4.69) is 19.1 Å². The number of carbonyl (C=O) groups is 1. The molecule has 0 saturated carbocycles. The van der Waals surface area contributed by atoms with Crippen molar-refractivity contribution in [1.82, 2.24) is 4.90 Å². The summed E-state index contributed by atoms with van der Waals surface area (Å²) in [6.45, 7) is 4.41. The van der Waals surface area contributed by atoms with Gasteiger partial charge in [-0.05, 0) is 37.3 Å². The molecule has 2 fully saturated rings. The minimum absolute atomic E-state index is 0.0481. The Balaban J connectivity index is 1.48. The minimum Gasteiger partial charge on any atom is -0.379 e. The highest BCUT2D eigenvalue weighted by atomic mass is 16.6. The van der Waals surface area contributed by atoms with E-state index in [9.17, 15) is 4.79 Å². The van der Waals surface area contributed by atoms with Gasteiger partial charge in [0.1, 0.15) is 0 Å². The molecule has 2 aliphatic rings. The first-order chi connectivity index (χ1) is 11.1. The summed E-state index contributed by atoms with van der Waals surface area (Å²) in [4.78, 5) is 14.5. The van der Waals surface area contributed by atoms with Gasteiger partial charge in [-0.15, -0.1) is 0 Å². The predicted octanol–water partition coefficient (Wildman–Crippen LogP) is 2.72. The van der Waals surface area contributed by atoms with Crippen LogP contribution in [0.1, 0.15) is 36.8 Å². The summed E-state index contributed by atoms with van der Waals surface area (Å²) in [5, 5.41) is 0. The van der Waals surface area contributed by atoms with Gasteiger partial charge in [-0.25, -0.2) is 0 Å². The number of nitrogens with zero attached hydrogens (tertiary/aromatic N) is 1. The number of hydrogen-bond acceptors (Lipinski definition) is 3. The number of aryl methyl sites for hydroxylation is 2. The van der Waals surface area contributed by atoms with Crippen molar-refractivity contribution in [2.24, 2.45) is 0 Å². The number of rotatable bonds is 4. The highest BCUT2D eigenvalue weighted by Gasteiger charge is 2.43. The van der Waals surface area contributed by atoms with Gasteiger partial charge in [0, 0.05) is 33.0 Å². The molecule has 2 saturated heterocycles. The van der Waals surface area contributed by atoms with Crippen molar-refractivity contribution in [2.45, 2.75) is 50.7 Å². The molecule has 0 aromatic heterocycles. The van der Waals surface area contributed by atoms with Crippen molar-refractivity contribution in [3.8, 4) is 0 Å². The average Bonchev–Trinajstić information content (AvgIpc) is 2.97. The van der Waals surface area contributed by atoms with Crippen LogP contribution in [0.15, 0.2) is 24.3 Å². The van der Waals surface area contributed by atoms with E-state index in [1.54, 1.807) is 7.11 Å². The molecule has 1 aromatic carbocycles. The van der Waals surface area contributed by atoms with Crippen LogP contribution in [0.25, 0.3) is 0 Å². The minimum atomic E-state index is -0.0481. The van der Waals surface area contributed by atoms with Crippen molar-refractivity contribution < 1.29 is 14.3 Å². The smallest absolute Gasteiger partial charge is 0.222 e. The summed E-state index contributed by atoms with van der Waals surface area (Å²) >= 11 is 0. The maximum absolute atomic E-state index is 12.5. The van der Waals surface area contributed by atoms with Crippen LogP contribution in [0.2, 0.25) is 0 Å². The molecule has 1 atom stereocenters. The van der Waals surface area contributed by atoms with Crippen molar-refractivity contribution in [2.75, 3.05) is 26.8 Å². The lowest BCUT2D eigenvalue weighted by Crippen LogP contribution is -2.46. The fourth-order valence-corrected chi connectivity index (χ4v) is 3.76. The van der Waals surface area contributed by atoms with E-state index in [-0.39, 0.29) is 17.6 Å². The molecule has 1 spiro atoms. The van der Waals surface area contributed by atoms with Gasteiger partial charge >= 0.3 is 0 Å². The van der Waals surface area contributed by atoms with Gasteiger partial charge in [-0.3, -0.25) is 4.79 Å². The van der Waals surface area contributed by atoms with E-state index >= 15 is 0 Å². The average molecular weight is 317 g/mol. The Morgan fingerprint density at radius 3 is 2.74 bits per heavy atom. The second-order valence-electron chi connectivity index (χ2n) is 6.86. The first-order valence-electron chi connectivity index (χ1n) is 8.61. The van der Waals surface area contributed by atoms with Crippen LogP contribution in [0.3, 0.4) is 0 Å². The maximum atomic E-state index is 12.5. The SMILES string of the molecule is COC1COC2(CCN(C(=O)CCc3ccccc3C)CC2)C1. The van der Waals surface area contributed by atoms with Crippen LogP contribution in [0.4, 0.5) is 0 Å². The molecule has 23 heavy (non-hydrogen) atoms. The first kappa shape index (κ1) is 16.5. The lowest BCUT2D eigenvalue weighted by molar-refractivity contribution is -0.135. The topological polar surface area (TPSA) is 38.8 Å². The van der Waals surface area contributed by atoms with Crippen LogP contribution in [0.5, 0.6) is 0 Å². The van der Waals surface area contributed by atoms with Crippen LogP contribution in [-0.4, -0.2) is 49.3 Å². The number of ether oxygens (including phenoxy) is 2. The van der Waals surface area contributed by atoms with E-state index in [1.807, 2.05) is 17.0 Å². The molecule has 2 aliphatic heterocycles. The summed E-state index contributed by atoms with van der Waals surface area (Å²) in [7, 11) is 1.75. The molecule has 1 amide bonds. The van der Waals surface area contributed by atoms with Crippen LogP contribution in [-0.2, 0) is 20.7 Å². The summed E-state index contributed by atoms with van der Waals surface area (Å²) < 4.78 is 11.4. The Bertz CT molecular complexity index is 549. The molecule has 1 unspecified atom stereocenters. The summed E-state index contributed by atoms with van der Waals surface area (Å²) in [5.41, 5.74) is 2.49. The van der Waals surface area contributed by atoms with Gasteiger partial charge in [0.05, 0.1) is 18.3 Å². The number of methoxy groups -OCH3 is 1. The van der Waals surface area contributed by atoms with E-state index < -0.39 is 0 Å². The molecule has 1 aromatic rings. The van der Waals surface area contributed by atoms with E-state index in [1.165, 1.54) is 11.1 Å². The van der Waals surface area contributed by atoms with E-state index in [0.29, 0.717) is 13.0 Å². The zero-order valence-electron chi connectivity index (χ0n) is 14.2. The fourth-order valence-electron chi connectivity index (χ4n) is 3.76. The third-order valence-electron chi connectivity index (χ3n) is 5.41. The molecule has 0 N–H and O–H groups in total. The second-order valence-corrected chi connectivity index (χ2v) is 6.86. The zero-order chi connectivity index (χ0) is 16.3. The van der Waals surface area contributed by atoms with Crippen molar-refractivity contribution in [1.29, 1.82) is 0 Å². The van der Waals surface area contributed by atoms with Crippen LogP contribution >= 0.6 is 0 Å². The fraction of sp³-hybridized carbons (Fsp3) is 0.632. The Hall–Kier alpha value is -1.39. The number of amides is 1. The van der Waals surface area contributed by atoms with Crippen molar-refractivity contribution >= 4 is 5.91 Å². The first-order valence-corrected chi connectivity index (χ1v) is 8.61. The molecule has 4 nitrogen and oxygen atoms in total. The van der Waals surface area contributed by atoms with Gasteiger partial charge in [0.25, 0.3) is 0 Å². The predicted molar refractivity (Wildman–Crippen MR) is 89.4 cm³/mol. The Morgan fingerprint density at radius 2 is 2.09 bits per heavy atom. The highest BCUT2D eigenvalue weighted by molar-refractivity contribution is 5.76. The lowest BCUT2D eigenvalue weighted by atomic mass is 9.87. The second kappa shape index (κ2) is 7.02. The summed E-state index contributed by atoms with van der Waals surface area (Å²) in [6, 6.07) is 8.31. The van der Waals surface area contributed by atoms with E-state index in [0.717, 1.165) is 38.8 Å². The van der Waals surface area contributed by atoms with Gasteiger partial charge in [0.2, 0.25) is 5.91 Å². The summed E-state index contributed by atoms with van der Waals surface area (Å²) in [6.07, 6.45) is 4.48. The van der Waals surface area contributed by atoms with Gasteiger partial charge in [0.15, 0.2) is 0 Å². The number of hydrogen-bond donors (Lipinski definition) is 0. The van der Waals surface area contributed by atoms with Gasteiger partial charge in [-0.1, -0.05) is 24.3 Å². The molecule has 2 heterocycles. The molecule has 4 heteroatoms. The molecular formula is C19H27NO3. The third-order valence-corrected chi connectivity index (χ3v) is 5.41. The van der Waals surface area contributed by atoms with Crippen molar-refractivity contribution in [3.05, 3.63) is 35.4 Å². The Kier molecular flexibility index (Phi) is 5.02. The number of carbonyl (C=O) groups excluding carboxylic acids is 1. The number of piperidine rings is 1. The van der Waals surface area contributed by atoms with Crippen molar-refractivity contribution in [3.63, 3.8) is 0 Å². The molecule has 0 aliphatic carbocycles. The number of likely N-dealkylation sites (tertiary alicyclic amines) is 1. The monoisotopic (exact) mass is 317 g/mol. The quantitative estimate of drug-likeness (QED) is 0.857. The molecule has 126 valence electrons. The van der Waals surface area contributed by atoms with Gasteiger partial charge < -0.3 is 14.4 Å². The zero-order valence-corrected chi connectivity index (χ0v) is 14.2. The van der Waals surface area contributed by atoms with Crippen LogP contribution in [0, 0.1) is 6.92 Å². The molecule has 3 rings (SSSR count). The highest BCUT2D eigenvalue weighted by Crippen LogP contribution is 2.36. The Labute approximate surface area is 138 Å². The molecule has 0 radical (unpaired) electrons. The summed E-state index contributed by atoms with van der Waals surface area (Å²) in [5.74, 6) is 0.268. The van der Waals surface area contributed by atoms with Gasteiger partial charge in [-0.2, -0.15) is 0 Å². The Morgan fingerprint density at radius 1 is 1.35 bits per heavy atom. The normalized spacial score (nSPS) is 23.4. The molecular weight excluding hydrogens is 290 g/mol. The third kappa shape index (κ3) is 3.75. The lowest BCUT2D eigenvalue weighted by Gasteiger charge is -2.38.